The summed E-state index contributed by atoms with van der Waals surface area (Å²) < 4.78 is 6.10. The SMILES string of the molecule is COc1ccc(C=NNC(=O)c2csc(-c3c[nH]c4ccc(Br)cc34)n2)cc1. The monoisotopic (exact) mass is 454 g/mol. The van der Waals surface area contributed by atoms with Crippen LogP contribution in [0.2, 0.25) is 0 Å². The average molecular weight is 455 g/mol. The number of nitrogens with one attached hydrogen (secondary N) is 2. The number of halogens is 1. The van der Waals surface area contributed by atoms with Crippen LogP contribution in [0.3, 0.4) is 0 Å². The third-order valence-electron chi connectivity index (χ3n) is 4.11. The van der Waals surface area contributed by atoms with Gasteiger partial charge in [-0.2, -0.15) is 5.10 Å². The van der Waals surface area contributed by atoms with Crippen LogP contribution in [0.1, 0.15) is 16.1 Å². The van der Waals surface area contributed by atoms with E-state index in [0.29, 0.717) is 5.69 Å². The van der Waals surface area contributed by atoms with Gasteiger partial charge in [0.2, 0.25) is 0 Å². The Hall–Kier alpha value is -2.97. The summed E-state index contributed by atoms with van der Waals surface area (Å²) in [5, 5.41) is 7.54. The second-order valence-electron chi connectivity index (χ2n) is 5.90. The minimum Gasteiger partial charge on any atom is -0.497 e. The number of thiazole rings is 1. The van der Waals surface area contributed by atoms with Gasteiger partial charge in [0.25, 0.3) is 5.91 Å². The Labute approximate surface area is 173 Å². The molecule has 0 unspecified atom stereocenters. The van der Waals surface area contributed by atoms with Gasteiger partial charge in [0, 0.05) is 32.5 Å². The number of H-pyrrole nitrogens is 1. The van der Waals surface area contributed by atoms with Crippen molar-refractivity contribution in [3.8, 4) is 16.3 Å². The van der Waals surface area contributed by atoms with E-state index >= 15 is 0 Å². The third kappa shape index (κ3) is 3.83. The van der Waals surface area contributed by atoms with Gasteiger partial charge in [-0.3, -0.25) is 4.79 Å². The summed E-state index contributed by atoms with van der Waals surface area (Å²) in [6.07, 6.45) is 3.47. The lowest BCUT2D eigenvalue weighted by atomic mass is 10.2. The summed E-state index contributed by atoms with van der Waals surface area (Å²) in [6, 6.07) is 13.4. The van der Waals surface area contributed by atoms with Gasteiger partial charge in [-0.05, 0) is 48.0 Å². The first-order chi connectivity index (χ1) is 13.6. The fourth-order valence-electron chi connectivity index (χ4n) is 2.68. The first-order valence-corrected chi connectivity index (χ1v) is 10.0. The number of nitrogens with zero attached hydrogens (tertiary/aromatic N) is 2. The molecule has 0 atom stereocenters. The molecule has 0 aliphatic carbocycles. The molecule has 2 heterocycles. The van der Waals surface area contributed by atoms with E-state index in [1.165, 1.54) is 11.3 Å². The predicted molar refractivity (Wildman–Crippen MR) is 115 cm³/mol. The number of methoxy groups -OCH3 is 1. The van der Waals surface area contributed by atoms with Crippen LogP contribution in [0.5, 0.6) is 5.75 Å². The number of hydrogen-bond donors (Lipinski definition) is 2. The number of rotatable bonds is 5. The molecule has 8 heteroatoms. The highest BCUT2D eigenvalue weighted by Gasteiger charge is 2.14. The van der Waals surface area contributed by atoms with E-state index in [1.54, 1.807) is 18.7 Å². The molecule has 0 aliphatic rings. The number of carbonyl (C=O) groups excluding carboxylic acids is 1. The van der Waals surface area contributed by atoms with Crippen molar-refractivity contribution in [3.05, 3.63) is 69.8 Å². The number of aromatic nitrogens is 2. The quantitative estimate of drug-likeness (QED) is 0.334. The van der Waals surface area contributed by atoms with Crippen molar-refractivity contribution >= 4 is 50.3 Å². The van der Waals surface area contributed by atoms with Gasteiger partial charge in [-0.1, -0.05) is 15.9 Å². The Morgan fingerprint density at radius 1 is 1.29 bits per heavy atom. The van der Waals surface area contributed by atoms with E-state index in [-0.39, 0.29) is 5.91 Å². The minimum atomic E-state index is -0.353. The second kappa shape index (κ2) is 7.95. The maximum Gasteiger partial charge on any atom is 0.290 e. The highest BCUT2D eigenvalue weighted by Crippen LogP contribution is 2.32. The standard InChI is InChI=1S/C20H15BrN4O2S/c1-27-14-5-2-12(3-6-14)9-23-25-19(26)18-11-28-20(24-18)16-10-22-17-7-4-13(21)8-15(16)17/h2-11,22H,1H3,(H,25,26). The van der Waals surface area contributed by atoms with Gasteiger partial charge in [0.15, 0.2) is 0 Å². The van der Waals surface area contributed by atoms with E-state index in [9.17, 15) is 4.79 Å². The number of ether oxygens (including phenoxy) is 1. The van der Waals surface area contributed by atoms with Gasteiger partial charge in [-0.15, -0.1) is 11.3 Å². The number of hydrazone groups is 1. The molecule has 4 rings (SSSR count). The summed E-state index contributed by atoms with van der Waals surface area (Å²) in [6.45, 7) is 0. The van der Waals surface area contributed by atoms with Crippen LogP contribution in [0.4, 0.5) is 0 Å². The van der Waals surface area contributed by atoms with Crippen LogP contribution >= 0.6 is 27.3 Å². The molecule has 0 aliphatic heterocycles. The molecule has 0 fully saturated rings. The zero-order valence-electron chi connectivity index (χ0n) is 14.8. The number of fused-ring (bicyclic) bond motifs is 1. The summed E-state index contributed by atoms with van der Waals surface area (Å²) in [7, 11) is 1.61. The number of hydrogen-bond acceptors (Lipinski definition) is 5. The molecule has 0 bridgehead atoms. The molecule has 0 saturated heterocycles. The largest absolute Gasteiger partial charge is 0.497 e. The Kier molecular flexibility index (Phi) is 5.23. The molecule has 2 aromatic heterocycles. The molecule has 1 amide bonds. The van der Waals surface area contributed by atoms with Crippen molar-refractivity contribution < 1.29 is 9.53 Å². The summed E-state index contributed by atoms with van der Waals surface area (Å²) >= 11 is 4.91. The molecule has 0 saturated carbocycles. The molecule has 2 aromatic carbocycles. The van der Waals surface area contributed by atoms with Gasteiger partial charge >= 0.3 is 0 Å². The van der Waals surface area contributed by atoms with Crippen LogP contribution in [0, 0.1) is 0 Å². The Morgan fingerprint density at radius 3 is 2.89 bits per heavy atom. The normalized spacial score (nSPS) is 11.2. The Bertz CT molecular complexity index is 1160. The smallest absolute Gasteiger partial charge is 0.290 e. The first-order valence-electron chi connectivity index (χ1n) is 8.34. The van der Waals surface area contributed by atoms with Crippen molar-refractivity contribution in [3.63, 3.8) is 0 Å². The van der Waals surface area contributed by atoms with Crippen LogP contribution in [-0.2, 0) is 0 Å². The van der Waals surface area contributed by atoms with Crippen molar-refractivity contribution in [1.29, 1.82) is 0 Å². The molecular formula is C20H15BrN4O2S. The maximum absolute atomic E-state index is 12.3. The lowest BCUT2D eigenvalue weighted by molar-refractivity contribution is 0.0951. The zero-order chi connectivity index (χ0) is 19.5. The lowest BCUT2D eigenvalue weighted by Gasteiger charge is -1.99. The van der Waals surface area contributed by atoms with Crippen LogP contribution in [0.25, 0.3) is 21.5 Å². The predicted octanol–water partition coefficient (Wildman–Crippen LogP) is 4.83. The van der Waals surface area contributed by atoms with Crippen LogP contribution in [0.15, 0.2) is 63.6 Å². The van der Waals surface area contributed by atoms with Crippen LogP contribution in [-0.4, -0.2) is 29.2 Å². The summed E-state index contributed by atoms with van der Waals surface area (Å²) in [4.78, 5) is 20.0. The van der Waals surface area contributed by atoms with Crippen molar-refractivity contribution in [1.82, 2.24) is 15.4 Å². The van der Waals surface area contributed by atoms with Gasteiger partial charge < -0.3 is 9.72 Å². The minimum absolute atomic E-state index is 0.330. The highest BCUT2D eigenvalue weighted by molar-refractivity contribution is 9.10. The maximum atomic E-state index is 12.3. The number of benzene rings is 2. The Balaban J connectivity index is 1.48. The summed E-state index contributed by atoms with van der Waals surface area (Å²) in [5.41, 5.74) is 5.67. The first kappa shape index (κ1) is 18.4. The van der Waals surface area contributed by atoms with E-state index in [0.717, 1.165) is 37.3 Å². The third-order valence-corrected chi connectivity index (χ3v) is 5.48. The van der Waals surface area contributed by atoms with Crippen molar-refractivity contribution in [2.24, 2.45) is 5.10 Å². The second-order valence-corrected chi connectivity index (χ2v) is 7.68. The van der Waals surface area contributed by atoms with Gasteiger partial charge in [0.1, 0.15) is 16.5 Å². The van der Waals surface area contributed by atoms with Crippen LogP contribution < -0.4 is 10.2 Å². The van der Waals surface area contributed by atoms with E-state index < -0.39 is 0 Å². The fraction of sp³-hybridized carbons (Fsp3) is 0.0500. The summed E-state index contributed by atoms with van der Waals surface area (Å²) in [5.74, 6) is 0.411. The molecule has 140 valence electrons. The lowest BCUT2D eigenvalue weighted by Crippen LogP contribution is -2.17. The average Bonchev–Trinajstić information content (AvgIpc) is 3.35. The van der Waals surface area contributed by atoms with E-state index in [4.69, 9.17) is 4.74 Å². The van der Waals surface area contributed by atoms with Crippen molar-refractivity contribution in [2.45, 2.75) is 0 Å². The fourth-order valence-corrected chi connectivity index (χ4v) is 3.88. The molecule has 4 aromatic rings. The molecular weight excluding hydrogens is 440 g/mol. The van der Waals surface area contributed by atoms with Crippen molar-refractivity contribution in [2.75, 3.05) is 7.11 Å². The highest BCUT2D eigenvalue weighted by atomic mass is 79.9. The molecule has 0 radical (unpaired) electrons. The molecule has 6 nitrogen and oxygen atoms in total. The topological polar surface area (TPSA) is 79.4 Å². The van der Waals surface area contributed by atoms with E-state index in [2.05, 4.69) is 36.4 Å². The van der Waals surface area contributed by atoms with Gasteiger partial charge in [0.05, 0.1) is 13.3 Å². The number of aromatic amines is 1. The van der Waals surface area contributed by atoms with E-state index in [1.807, 2.05) is 48.7 Å². The zero-order valence-corrected chi connectivity index (χ0v) is 17.2. The number of amides is 1. The molecule has 0 spiro atoms. The molecule has 2 N–H and O–H groups in total. The number of carbonyl (C=O) groups is 1. The van der Waals surface area contributed by atoms with Gasteiger partial charge in [-0.25, -0.2) is 10.4 Å². The molecule has 28 heavy (non-hydrogen) atoms. The Morgan fingerprint density at radius 2 is 2.11 bits per heavy atom.